The Morgan fingerprint density at radius 3 is 1.88 bits per heavy atom. The van der Waals surface area contributed by atoms with Gasteiger partial charge in [-0.1, -0.05) is 20.8 Å². The molecule has 3 heteroatoms. The minimum absolute atomic E-state index is 0.118. The number of carbonyl (C=O) groups is 1. The number of rotatable bonds is 1. The third-order valence-corrected chi connectivity index (χ3v) is 2.06. The highest BCUT2D eigenvalue weighted by Gasteiger charge is 2.18. The summed E-state index contributed by atoms with van der Waals surface area (Å²) < 4.78 is 0. The van der Waals surface area contributed by atoms with E-state index in [0.717, 1.165) is 0 Å². The lowest BCUT2D eigenvalue weighted by atomic mass is 10.00. The van der Waals surface area contributed by atoms with Gasteiger partial charge in [-0.2, -0.15) is 0 Å². The lowest BCUT2D eigenvalue weighted by molar-refractivity contribution is -0.117. The van der Waals surface area contributed by atoms with E-state index in [-0.39, 0.29) is 10.9 Å². The van der Waals surface area contributed by atoms with Gasteiger partial charge in [0.15, 0.2) is 5.52 Å². The smallest absolute Gasteiger partial charge is 0.197 e. The van der Waals surface area contributed by atoms with Gasteiger partial charge in [0.05, 0.1) is 7.36 Å². The molecule has 0 saturated carbocycles. The van der Waals surface area contributed by atoms with E-state index in [1.807, 2.05) is 20.8 Å². The second-order valence-electron chi connectivity index (χ2n) is 2.65. The Bertz CT molecular complexity index is 114. The fraction of sp³-hybridized carbons (Fsp3) is 0.800. The summed E-state index contributed by atoms with van der Waals surface area (Å²) in [6.45, 7) is 5.61. The van der Waals surface area contributed by atoms with Gasteiger partial charge in [-0.05, 0) is 11.8 Å². The van der Waals surface area contributed by atoms with Crippen molar-refractivity contribution < 1.29 is 4.79 Å². The summed E-state index contributed by atoms with van der Waals surface area (Å²) in [6.07, 6.45) is 0. The molecule has 46 valence electrons. The zero-order valence-corrected chi connectivity index (χ0v) is 6.97. The zero-order chi connectivity index (χ0) is 6.78. The van der Waals surface area contributed by atoms with Crippen molar-refractivity contribution in [2.75, 3.05) is 0 Å². The fourth-order valence-corrected chi connectivity index (χ4v) is 1.23. The van der Waals surface area contributed by atoms with E-state index in [4.69, 9.17) is 0 Å². The third kappa shape index (κ3) is 2.49. The SMILES string of the molecule is CC(C)(C)C(=O)P=S. The van der Waals surface area contributed by atoms with E-state index >= 15 is 0 Å². The van der Waals surface area contributed by atoms with Crippen molar-refractivity contribution in [1.82, 2.24) is 0 Å². The van der Waals surface area contributed by atoms with E-state index in [9.17, 15) is 4.79 Å². The van der Waals surface area contributed by atoms with Gasteiger partial charge in [0.2, 0.25) is 0 Å². The second-order valence-corrected chi connectivity index (χ2v) is 3.78. The first-order valence-electron chi connectivity index (χ1n) is 2.36. The largest absolute Gasteiger partial charge is 0.288 e. The molecule has 0 spiro atoms. The van der Waals surface area contributed by atoms with Crippen LogP contribution in [0.25, 0.3) is 0 Å². The van der Waals surface area contributed by atoms with Crippen molar-refractivity contribution in [2.45, 2.75) is 20.8 Å². The molecule has 0 aromatic heterocycles. The molecule has 0 N–H and O–H groups in total. The highest BCUT2D eigenvalue weighted by molar-refractivity contribution is 8.03. The van der Waals surface area contributed by atoms with Crippen LogP contribution in [0.1, 0.15) is 20.8 Å². The van der Waals surface area contributed by atoms with E-state index < -0.39 is 0 Å². The molecule has 0 aromatic carbocycles. The Labute approximate surface area is 56.3 Å². The molecule has 0 unspecified atom stereocenters. The maximum atomic E-state index is 10.7. The molecule has 0 rings (SSSR count). The van der Waals surface area contributed by atoms with Crippen LogP contribution in [0.3, 0.4) is 0 Å². The van der Waals surface area contributed by atoms with Crippen LogP contribution in [0.2, 0.25) is 0 Å². The number of hydrogen-bond donors (Lipinski definition) is 0. The van der Waals surface area contributed by atoms with Crippen LogP contribution in [0, 0.1) is 5.41 Å². The molecule has 0 atom stereocenters. The summed E-state index contributed by atoms with van der Waals surface area (Å²) in [7, 11) is 0.452. The van der Waals surface area contributed by atoms with Crippen LogP contribution in [0.15, 0.2) is 0 Å². The minimum Gasteiger partial charge on any atom is -0.288 e. The van der Waals surface area contributed by atoms with Crippen LogP contribution in [0.4, 0.5) is 0 Å². The maximum absolute atomic E-state index is 10.7. The topological polar surface area (TPSA) is 17.1 Å². The molecule has 0 aliphatic rings. The van der Waals surface area contributed by atoms with E-state index in [1.54, 1.807) is 0 Å². The summed E-state index contributed by atoms with van der Waals surface area (Å²) in [6, 6.07) is 0. The van der Waals surface area contributed by atoms with Crippen LogP contribution >= 0.6 is 7.36 Å². The zero-order valence-electron chi connectivity index (χ0n) is 5.26. The van der Waals surface area contributed by atoms with E-state index in [0.29, 0.717) is 7.36 Å². The van der Waals surface area contributed by atoms with Gasteiger partial charge >= 0.3 is 0 Å². The van der Waals surface area contributed by atoms with Crippen molar-refractivity contribution in [3.8, 4) is 0 Å². The number of carbonyl (C=O) groups excluding carboxylic acids is 1. The third-order valence-electron chi connectivity index (χ3n) is 0.725. The molecular formula is C5H9OPS. The number of hydrogen-bond acceptors (Lipinski definition) is 2. The van der Waals surface area contributed by atoms with Crippen molar-refractivity contribution in [3.63, 3.8) is 0 Å². The highest BCUT2D eigenvalue weighted by atomic mass is 32.4. The average molecular weight is 148 g/mol. The quantitative estimate of drug-likeness (QED) is 0.529. The van der Waals surface area contributed by atoms with Gasteiger partial charge in [0.1, 0.15) is 0 Å². The molecule has 0 saturated heterocycles. The Kier molecular flexibility index (Phi) is 2.72. The molecular weight excluding hydrogens is 139 g/mol. The second kappa shape index (κ2) is 2.65. The van der Waals surface area contributed by atoms with Crippen molar-refractivity contribution in [3.05, 3.63) is 0 Å². The van der Waals surface area contributed by atoms with Crippen molar-refractivity contribution in [2.24, 2.45) is 5.41 Å². The van der Waals surface area contributed by atoms with E-state index in [1.165, 1.54) is 0 Å². The van der Waals surface area contributed by atoms with Gasteiger partial charge in [0, 0.05) is 5.41 Å². The predicted octanol–water partition coefficient (Wildman–Crippen LogP) is 1.97. The summed E-state index contributed by atoms with van der Waals surface area (Å²) in [5.41, 5.74) is -0.129. The van der Waals surface area contributed by atoms with Gasteiger partial charge in [-0.15, -0.1) is 0 Å². The van der Waals surface area contributed by atoms with Gasteiger partial charge in [0.25, 0.3) is 0 Å². The van der Waals surface area contributed by atoms with Crippen LogP contribution in [-0.2, 0) is 16.6 Å². The first-order chi connectivity index (χ1) is 3.48. The maximum Gasteiger partial charge on any atom is 0.197 e. The first-order valence-corrected chi connectivity index (χ1v) is 4.27. The summed E-state index contributed by atoms with van der Waals surface area (Å²) in [4.78, 5) is 10.7. The Balaban J connectivity index is 4.02. The van der Waals surface area contributed by atoms with Gasteiger partial charge < -0.3 is 0 Å². The lowest BCUT2D eigenvalue weighted by Gasteiger charge is -2.10. The molecule has 1 nitrogen and oxygen atoms in total. The molecule has 0 amide bonds. The molecule has 8 heavy (non-hydrogen) atoms. The molecule has 0 aliphatic carbocycles. The summed E-state index contributed by atoms with van der Waals surface area (Å²) >= 11 is 4.55. The van der Waals surface area contributed by atoms with Gasteiger partial charge in [-0.25, -0.2) is 0 Å². The van der Waals surface area contributed by atoms with Gasteiger partial charge in [-0.3, -0.25) is 4.79 Å². The minimum atomic E-state index is -0.247. The normalized spacial score (nSPS) is 11.9. The lowest BCUT2D eigenvalue weighted by Crippen LogP contribution is -2.13. The van der Waals surface area contributed by atoms with Crippen LogP contribution in [0.5, 0.6) is 0 Å². The van der Waals surface area contributed by atoms with E-state index in [2.05, 4.69) is 11.8 Å². The fourth-order valence-electron chi connectivity index (χ4n) is 0.137. The summed E-state index contributed by atoms with van der Waals surface area (Å²) in [5.74, 6) is 0. The van der Waals surface area contributed by atoms with Crippen LogP contribution in [-0.4, -0.2) is 5.52 Å². The highest BCUT2D eigenvalue weighted by Crippen LogP contribution is 2.20. The Morgan fingerprint density at radius 2 is 1.88 bits per heavy atom. The Morgan fingerprint density at radius 1 is 1.50 bits per heavy atom. The predicted molar refractivity (Wildman–Crippen MR) is 38.7 cm³/mol. The molecule has 0 bridgehead atoms. The van der Waals surface area contributed by atoms with Crippen molar-refractivity contribution >= 4 is 24.7 Å². The van der Waals surface area contributed by atoms with Crippen molar-refractivity contribution in [1.29, 1.82) is 0 Å². The Hall–Kier alpha value is 0.190. The molecule has 0 fully saturated rings. The monoisotopic (exact) mass is 148 g/mol. The first kappa shape index (κ1) is 8.19. The molecule has 0 aliphatic heterocycles. The molecule has 0 radical (unpaired) electrons. The van der Waals surface area contributed by atoms with Crippen LogP contribution < -0.4 is 0 Å². The standard InChI is InChI=1S/C5H9OPS/c1-5(2,3)4(6)7-8/h1-3H3. The molecule has 0 aromatic rings. The summed E-state index contributed by atoms with van der Waals surface area (Å²) in [5, 5.41) is 0. The molecule has 0 heterocycles. The average Bonchev–Trinajstić information content (AvgIpc) is 1.62.